The summed E-state index contributed by atoms with van der Waals surface area (Å²) in [5.74, 6) is 1.73. The molecule has 108 valence electrons. The van der Waals surface area contributed by atoms with Crippen LogP contribution >= 0.6 is 0 Å². The highest BCUT2D eigenvalue weighted by atomic mass is 15.6. The highest BCUT2D eigenvalue weighted by molar-refractivity contribution is 4.87. The van der Waals surface area contributed by atoms with Gasteiger partial charge in [0.1, 0.15) is 0 Å². The average molecular weight is 265 g/mol. The number of nitrogens with one attached hydrogen (secondary N) is 1. The summed E-state index contributed by atoms with van der Waals surface area (Å²) in [6, 6.07) is 0.930. The Morgan fingerprint density at radius 1 is 1.26 bits per heavy atom. The SMILES string of the molecule is CCC(C1CCCCC1)n1nnnc1CNC(C)C. The van der Waals surface area contributed by atoms with Gasteiger partial charge in [-0.15, -0.1) is 5.10 Å². The molecule has 1 aromatic rings. The number of tetrazole rings is 1. The second-order valence-corrected chi connectivity index (χ2v) is 5.95. The lowest BCUT2D eigenvalue weighted by atomic mass is 9.83. The molecule has 1 atom stereocenters. The molecule has 0 bridgehead atoms. The summed E-state index contributed by atoms with van der Waals surface area (Å²) in [4.78, 5) is 0. The summed E-state index contributed by atoms with van der Waals surface area (Å²) < 4.78 is 2.07. The lowest BCUT2D eigenvalue weighted by molar-refractivity contribution is 0.221. The summed E-state index contributed by atoms with van der Waals surface area (Å²) >= 11 is 0. The van der Waals surface area contributed by atoms with E-state index in [9.17, 15) is 0 Å². The van der Waals surface area contributed by atoms with Gasteiger partial charge in [-0.3, -0.25) is 0 Å². The minimum absolute atomic E-state index is 0.458. The molecule has 1 saturated carbocycles. The largest absolute Gasteiger partial charge is 0.308 e. The molecule has 0 radical (unpaired) electrons. The third kappa shape index (κ3) is 3.75. The predicted molar refractivity (Wildman–Crippen MR) is 75.7 cm³/mol. The molecule has 5 nitrogen and oxygen atoms in total. The van der Waals surface area contributed by atoms with Crippen molar-refractivity contribution in [3.63, 3.8) is 0 Å². The third-order valence-electron chi connectivity index (χ3n) is 4.16. The van der Waals surface area contributed by atoms with E-state index in [2.05, 4.69) is 46.3 Å². The number of hydrogen-bond donors (Lipinski definition) is 1. The van der Waals surface area contributed by atoms with Crippen molar-refractivity contribution in [3.8, 4) is 0 Å². The van der Waals surface area contributed by atoms with E-state index in [1.165, 1.54) is 32.1 Å². The van der Waals surface area contributed by atoms with Gasteiger partial charge in [0.25, 0.3) is 0 Å². The first-order chi connectivity index (χ1) is 9.22. The van der Waals surface area contributed by atoms with E-state index in [0.717, 1.165) is 24.7 Å². The molecule has 19 heavy (non-hydrogen) atoms. The number of hydrogen-bond acceptors (Lipinski definition) is 4. The molecular weight excluding hydrogens is 238 g/mol. The van der Waals surface area contributed by atoms with Gasteiger partial charge in [-0.05, 0) is 35.6 Å². The van der Waals surface area contributed by atoms with E-state index in [1.807, 2.05) is 0 Å². The normalized spacial score (nSPS) is 18.9. The van der Waals surface area contributed by atoms with E-state index < -0.39 is 0 Å². The van der Waals surface area contributed by atoms with E-state index in [-0.39, 0.29) is 0 Å². The van der Waals surface area contributed by atoms with Crippen LogP contribution in [-0.2, 0) is 6.54 Å². The Hall–Kier alpha value is -0.970. The van der Waals surface area contributed by atoms with Crippen LogP contribution in [0.5, 0.6) is 0 Å². The zero-order valence-corrected chi connectivity index (χ0v) is 12.5. The molecule has 5 heteroatoms. The molecule has 0 aliphatic heterocycles. The van der Waals surface area contributed by atoms with Crippen LogP contribution < -0.4 is 5.32 Å². The molecule has 1 aliphatic rings. The lowest BCUT2D eigenvalue weighted by Crippen LogP contribution is -2.28. The Balaban J connectivity index is 2.07. The monoisotopic (exact) mass is 265 g/mol. The third-order valence-corrected chi connectivity index (χ3v) is 4.16. The standard InChI is InChI=1S/C14H27N5/c1-4-13(12-8-6-5-7-9-12)19-14(16-17-18-19)10-15-11(2)3/h11-13,15H,4-10H2,1-3H3. The first-order valence-electron chi connectivity index (χ1n) is 7.72. The van der Waals surface area contributed by atoms with Crippen molar-refractivity contribution < 1.29 is 0 Å². The molecule has 1 unspecified atom stereocenters. The first-order valence-corrected chi connectivity index (χ1v) is 7.72. The molecular formula is C14H27N5. The fourth-order valence-corrected chi connectivity index (χ4v) is 3.11. The fraction of sp³-hybridized carbons (Fsp3) is 0.929. The van der Waals surface area contributed by atoms with Gasteiger partial charge in [-0.1, -0.05) is 40.0 Å². The second kappa shape index (κ2) is 6.98. The predicted octanol–water partition coefficient (Wildman–Crippen LogP) is 2.70. The molecule has 1 fully saturated rings. The summed E-state index contributed by atoms with van der Waals surface area (Å²) in [5, 5.41) is 15.7. The molecule has 0 amide bonds. The summed E-state index contributed by atoms with van der Waals surface area (Å²) in [6.07, 6.45) is 7.89. The maximum atomic E-state index is 4.26. The van der Waals surface area contributed by atoms with Crippen LogP contribution in [0.4, 0.5) is 0 Å². The van der Waals surface area contributed by atoms with E-state index in [0.29, 0.717) is 12.1 Å². The molecule has 0 aromatic carbocycles. The molecule has 1 heterocycles. The van der Waals surface area contributed by atoms with Gasteiger partial charge in [0.05, 0.1) is 12.6 Å². The van der Waals surface area contributed by atoms with Crippen molar-refractivity contribution in [3.05, 3.63) is 5.82 Å². The minimum Gasteiger partial charge on any atom is -0.308 e. The van der Waals surface area contributed by atoms with Crippen molar-refractivity contribution in [1.29, 1.82) is 0 Å². The van der Waals surface area contributed by atoms with Gasteiger partial charge in [0.2, 0.25) is 0 Å². The quantitative estimate of drug-likeness (QED) is 0.859. The molecule has 0 saturated heterocycles. The molecule has 1 aliphatic carbocycles. The number of rotatable bonds is 6. The molecule has 0 spiro atoms. The van der Waals surface area contributed by atoms with E-state index in [4.69, 9.17) is 0 Å². The van der Waals surface area contributed by atoms with Crippen molar-refractivity contribution in [1.82, 2.24) is 25.5 Å². The van der Waals surface area contributed by atoms with Gasteiger partial charge < -0.3 is 5.32 Å². The lowest BCUT2D eigenvalue weighted by Gasteiger charge is -2.30. The van der Waals surface area contributed by atoms with Crippen LogP contribution in [0, 0.1) is 5.92 Å². The van der Waals surface area contributed by atoms with E-state index >= 15 is 0 Å². The van der Waals surface area contributed by atoms with Crippen LogP contribution in [0.15, 0.2) is 0 Å². The maximum absolute atomic E-state index is 4.26. The zero-order chi connectivity index (χ0) is 13.7. The Labute approximate surface area is 116 Å². The van der Waals surface area contributed by atoms with Crippen LogP contribution in [0.3, 0.4) is 0 Å². The summed E-state index contributed by atoms with van der Waals surface area (Å²) in [5.41, 5.74) is 0. The van der Waals surface area contributed by atoms with Crippen LogP contribution in [0.1, 0.15) is 71.2 Å². The second-order valence-electron chi connectivity index (χ2n) is 5.95. The summed E-state index contributed by atoms with van der Waals surface area (Å²) in [7, 11) is 0. The number of nitrogens with zero attached hydrogens (tertiary/aromatic N) is 4. The number of aromatic nitrogens is 4. The van der Waals surface area contributed by atoms with Gasteiger partial charge in [-0.25, -0.2) is 4.68 Å². The summed E-state index contributed by atoms with van der Waals surface area (Å²) in [6.45, 7) is 7.30. The zero-order valence-electron chi connectivity index (χ0n) is 12.5. The van der Waals surface area contributed by atoms with Gasteiger partial charge in [0, 0.05) is 6.04 Å². The van der Waals surface area contributed by atoms with E-state index in [1.54, 1.807) is 0 Å². The first kappa shape index (κ1) is 14.4. The minimum atomic E-state index is 0.458. The average Bonchev–Trinajstić information content (AvgIpc) is 2.87. The topological polar surface area (TPSA) is 55.6 Å². The molecule has 1 N–H and O–H groups in total. The Bertz CT molecular complexity index is 368. The Morgan fingerprint density at radius 3 is 2.63 bits per heavy atom. The Kier molecular flexibility index (Phi) is 5.31. The van der Waals surface area contributed by atoms with Crippen LogP contribution in [-0.4, -0.2) is 26.2 Å². The van der Waals surface area contributed by atoms with Gasteiger partial charge >= 0.3 is 0 Å². The molecule has 1 aromatic heterocycles. The van der Waals surface area contributed by atoms with Crippen LogP contribution in [0.2, 0.25) is 0 Å². The van der Waals surface area contributed by atoms with Crippen molar-refractivity contribution in [2.45, 2.75) is 77.9 Å². The highest BCUT2D eigenvalue weighted by Crippen LogP contribution is 2.34. The van der Waals surface area contributed by atoms with Gasteiger partial charge in [-0.2, -0.15) is 0 Å². The highest BCUT2D eigenvalue weighted by Gasteiger charge is 2.26. The Morgan fingerprint density at radius 2 is 2.00 bits per heavy atom. The van der Waals surface area contributed by atoms with Crippen molar-refractivity contribution in [2.75, 3.05) is 0 Å². The fourth-order valence-electron chi connectivity index (χ4n) is 3.11. The van der Waals surface area contributed by atoms with Crippen molar-refractivity contribution >= 4 is 0 Å². The van der Waals surface area contributed by atoms with Crippen LogP contribution in [0.25, 0.3) is 0 Å². The smallest absolute Gasteiger partial charge is 0.165 e. The van der Waals surface area contributed by atoms with Crippen molar-refractivity contribution in [2.24, 2.45) is 5.92 Å². The maximum Gasteiger partial charge on any atom is 0.165 e. The van der Waals surface area contributed by atoms with Gasteiger partial charge in [0.15, 0.2) is 5.82 Å². The molecule has 2 rings (SSSR count).